The molecule has 1 aromatic heterocycles. The number of nitrogens with zero attached hydrogens (tertiary/aromatic N) is 4. The lowest BCUT2D eigenvalue weighted by Gasteiger charge is -2.28. The largest absolute Gasteiger partial charge is 0.476 e. The van der Waals surface area contributed by atoms with Gasteiger partial charge in [-0.05, 0) is 41.7 Å². The summed E-state index contributed by atoms with van der Waals surface area (Å²) in [6.07, 6.45) is 2.57. The van der Waals surface area contributed by atoms with E-state index in [1.807, 2.05) is 24.3 Å². The molecule has 0 saturated carbocycles. The number of anilines is 5. The Morgan fingerprint density at radius 1 is 1.26 bits per heavy atom. The van der Waals surface area contributed by atoms with E-state index < -0.39 is 5.82 Å². The Morgan fingerprint density at radius 2 is 2.08 bits per heavy atom. The van der Waals surface area contributed by atoms with E-state index in [0.717, 1.165) is 17.7 Å². The first-order chi connectivity index (χ1) is 18.2. The van der Waals surface area contributed by atoms with Crippen LogP contribution in [0.3, 0.4) is 0 Å². The number of nitriles is 1. The molecule has 9 nitrogen and oxygen atoms in total. The molecule has 2 heterocycles. The van der Waals surface area contributed by atoms with E-state index >= 15 is 0 Å². The SMILES string of the molecule is COCCN1C(=O)CCC(C)(C)c2ccc(Nc3ncc(Cl)c(Nc4c(F)cccc4OCC#N)n3)cc21. The van der Waals surface area contributed by atoms with Crippen molar-refractivity contribution in [2.24, 2.45) is 0 Å². The smallest absolute Gasteiger partial charge is 0.229 e. The lowest BCUT2D eigenvalue weighted by atomic mass is 9.80. The first-order valence-corrected chi connectivity index (χ1v) is 12.4. The molecule has 11 heteroatoms. The molecule has 38 heavy (non-hydrogen) atoms. The fourth-order valence-corrected chi connectivity index (χ4v) is 4.41. The molecule has 0 bridgehead atoms. The molecule has 4 rings (SSSR count). The Morgan fingerprint density at radius 3 is 2.84 bits per heavy atom. The van der Waals surface area contributed by atoms with Crippen LogP contribution in [-0.4, -0.2) is 42.7 Å². The topological polar surface area (TPSA) is 112 Å². The van der Waals surface area contributed by atoms with Crippen molar-refractivity contribution in [3.8, 4) is 11.8 Å². The first kappa shape index (κ1) is 27.1. The molecule has 1 aliphatic rings. The van der Waals surface area contributed by atoms with Crippen LogP contribution in [0.1, 0.15) is 32.3 Å². The molecule has 0 fully saturated rings. The Kier molecular flexibility index (Phi) is 8.29. The van der Waals surface area contributed by atoms with Crippen LogP contribution in [0.5, 0.6) is 5.75 Å². The van der Waals surface area contributed by atoms with Crippen molar-refractivity contribution in [1.82, 2.24) is 9.97 Å². The van der Waals surface area contributed by atoms with Gasteiger partial charge in [0.25, 0.3) is 0 Å². The fraction of sp³-hybridized carbons (Fsp3) is 0.333. The van der Waals surface area contributed by atoms with Crippen LogP contribution in [0.2, 0.25) is 5.02 Å². The maximum Gasteiger partial charge on any atom is 0.229 e. The maximum absolute atomic E-state index is 14.6. The molecule has 2 N–H and O–H groups in total. The summed E-state index contributed by atoms with van der Waals surface area (Å²) < 4.78 is 25.1. The quantitative estimate of drug-likeness (QED) is 0.356. The average Bonchev–Trinajstić information content (AvgIpc) is 2.98. The minimum absolute atomic E-state index is 0.00569. The van der Waals surface area contributed by atoms with Crippen molar-refractivity contribution in [3.05, 3.63) is 59.0 Å². The van der Waals surface area contributed by atoms with Gasteiger partial charge in [0.15, 0.2) is 18.2 Å². The monoisotopic (exact) mass is 538 g/mol. The van der Waals surface area contributed by atoms with E-state index in [-0.39, 0.29) is 46.2 Å². The number of rotatable bonds is 9. The second-order valence-corrected chi connectivity index (χ2v) is 9.76. The third-order valence-electron chi connectivity index (χ3n) is 6.31. The second kappa shape index (κ2) is 11.6. The highest BCUT2D eigenvalue weighted by Gasteiger charge is 2.33. The van der Waals surface area contributed by atoms with E-state index in [9.17, 15) is 9.18 Å². The van der Waals surface area contributed by atoms with Gasteiger partial charge in [0.1, 0.15) is 22.5 Å². The average molecular weight is 539 g/mol. The fourth-order valence-electron chi connectivity index (χ4n) is 4.27. The van der Waals surface area contributed by atoms with E-state index in [0.29, 0.717) is 25.3 Å². The summed E-state index contributed by atoms with van der Waals surface area (Å²) in [4.78, 5) is 23.4. The molecule has 0 atom stereocenters. The van der Waals surface area contributed by atoms with Gasteiger partial charge in [0, 0.05) is 31.5 Å². The highest BCUT2D eigenvalue weighted by molar-refractivity contribution is 6.33. The minimum atomic E-state index is -0.598. The van der Waals surface area contributed by atoms with Crippen molar-refractivity contribution in [2.75, 3.05) is 42.4 Å². The molecule has 0 saturated heterocycles. The molecule has 3 aromatic rings. The molecule has 1 aliphatic heterocycles. The number of methoxy groups -OCH3 is 1. The lowest BCUT2D eigenvalue weighted by Crippen LogP contribution is -2.33. The number of carbonyl (C=O) groups excluding carboxylic acids is 1. The van der Waals surface area contributed by atoms with Gasteiger partial charge in [0.05, 0.1) is 12.8 Å². The Hall–Kier alpha value is -3.94. The summed E-state index contributed by atoms with van der Waals surface area (Å²) in [5.74, 6) is -0.0671. The van der Waals surface area contributed by atoms with Crippen LogP contribution in [0, 0.1) is 17.1 Å². The van der Waals surface area contributed by atoms with Crippen molar-refractivity contribution in [2.45, 2.75) is 32.1 Å². The zero-order valence-electron chi connectivity index (χ0n) is 21.3. The van der Waals surface area contributed by atoms with Gasteiger partial charge in [-0.25, -0.2) is 9.37 Å². The molecule has 0 aliphatic carbocycles. The number of fused-ring (bicyclic) bond motifs is 1. The number of hydrogen-bond acceptors (Lipinski definition) is 8. The van der Waals surface area contributed by atoms with Crippen molar-refractivity contribution >= 4 is 46.3 Å². The lowest BCUT2D eigenvalue weighted by molar-refractivity contribution is -0.118. The third kappa shape index (κ3) is 5.96. The summed E-state index contributed by atoms with van der Waals surface area (Å²) in [6, 6.07) is 11.9. The van der Waals surface area contributed by atoms with Crippen LogP contribution >= 0.6 is 11.6 Å². The van der Waals surface area contributed by atoms with Gasteiger partial charge in [-0.2, -0.15) is 10.2 Å². The number of benzene rings is 2. The Balaban J connectivity index is 1.65. The van der Waals surface area contributed by atoms with Gasteiger partial charge in [-0.15, -0.1) is 0 Å². The summed E-state index contributed by atoms with van der Waals surface area (Å²) in [5, 5.41) is 15.0. The van der Waals surface area contributed by atoms with E-state index in [4.69, 9.17) is 26.3 Å². The van der Waals surface area contributed by atoms with Crippen molar-refractivity contribution < 1.29 is 18.7 Å². The number of carbonyl (C=O) groups is 1. The van der Waals surface area contributed by atoms with Gasteiger partial charge in [-0.3, -0.25) is 4.79 Å². The second-order valence-electron chi connectivity index (χ2n) is 9.35. The Labute approximate surface area is 225 Å². The Bertz CT molecular complexity index is 1380. The molecule has 198 valence electrons. The molecule has 2 aromatic carbocycles. The molecule has 0 radical (unpaired) electrons. The zero-order chi connectivity index (χ0) is 27.3. The van der Waals surface area contributed by atoms with E-state index in [1.54, 1.807) is 12.0 Å². The third-order valence-corrected chi connectivity index (χ3v) is 6.59. The molecule has 1 amide bonds. The van der Waals surface area contributed by atoms with Crippen LogP contribution in [0.15, 0.2) is 42.6 Å². The van der Waals surface area contributed by atoms with Crippen LogP contribution in [-0.2, 0) is 14.9 Å². The number of para-hydroxylation sites is 1. The summed E-state index contributed by atoms with van der Waals surface area (Å²) >= 11 is 6.30. The van der Waals surface area contributed by atoms with Crippen molar-refractivity contribution in [1.29, 1.82) is 5.26 Å². The number of hydrogen-bond donors (Lipinski definition) is 2. The number of ether oxygens (including phenoxy) is 2. The van der Waals surface area contributed by atoms with Crippen LogP contribution in [0.25, 0.3) is 0 Å². The van der Waals surface area contributed by atoms with Crippen molar-refractivity contribution in [3.63, 3.8) is 0 Å². The van der Waals surface area contributed by atoms with Gasteiger partial charge in [0.2, 0.25) is 11.9 Å². The number of amides is 1. The number of halogens is 2. The summed E-state index contributed by atoms with van der Waals surface area (Å²) in [7, 11) is 1.61. The standard InChI is InChI=1S/C27H28ClFN6O3/c1-27(2)10-9-23(36)35(12-14-37-3)21-15-17(7-8-18(21)27)32-26-31-16-19(28)25(34-26)33-24-20(29)5-4-6-22(24)38-13-11-30/h4-8,15-16H,9-10,12-14H2,1-3H3,(H2,31,32,33,34). The minimum Gasteiger partial charge on any atom is -0.476 e. The van der Waals surface area contributed by atoms with Gasteiger partial charge in [-0.1, -0.05) is 37.6 Å². The normalized spacial score (nSPS) is 14.3. The van der Waals surface area contributed by atoms with Crippen LogP contribution in [0.4, 0.5) is 33.2 Å². The highest BCUT2D eigenvalue weighted by atomic mass is 35.5. The molecule has 0 spiro atoms. The summed E-state index contributed by atoms with van der Waals surface area (Å²) in [6.45, 7) is 4.86. The number of nitrogens with one attached hydrogen (secondary N) is 2. The maximum atomic E-state index is 14.6. The van der Waals surface area contributed by atoms with Gasteiger partial charge < -0.3 is 25.0 Å². The zero-order valence-corrected chi connectivity index (χ0v) is 22.1. The number of aromatic nitrogens is 2. The van der Waals surface area contributed by atoms with Crippen LogP contribution < -0.4 is 20.3 Å². The first-order valence-electron chi connectivity index (χ1n) is 12.0. The predicted octanol–water partition coefficient (Wildman–Crippen LogP) is 5.71. The van der Waals surface area contributed by atoms with E-state index in [1.165, 1.54) is 24.4 Å². The van der Waals surface area contributed by atoms with E-state index in [2.05, 4.69) is 34.4 Å². The molecular weight excluding hydrogens is 511 g/mol. The molecular formula is C27H28ClFN6O3. The summed E-state index contributed by atoms with van der Waals surface area (Å²) in [5.41, 5.74) is 2.33. The van der Waals surface area contributed by atoms with Gasteiger partial charge >= 0.3 is 0 Å². The predicted molar refractivity (Wildman–Crippen MR) is 144 cm³/mol. The highest BCUT2D eigenvalue weighted by Crippen LogP contribution is 2.41. The molecule has 0 unspecified atom stereocenters.